The van der Waals surface area contributed by atoms with Gasteiger partial charge in [-0.3, -0.25) is 9.59 Å². The van der Waals surface area contributed by atoms with Crippen LogP contribution in [0, 0.1) is 0 Å². The third-order valence-corrected chi connectivity index (χ3v) is 1.45. The number of carboxylic acid groups (broad SMARTS) is 1. The van der Waals surface area contributed by atoms with E-state index in [1.165, 1.54) is 0 Å². The van der Waals surface area contributed by atoms with E-state index in [9.17, 15) is 14.2 Å². The molecule has 0 aliphatic rings. The fourth-order valence-electron chi connectivity index (χ4n) is 0.411. The lowest BCUT2D eigenvalue weighted by molar-refractivity contribution is -0.137. The highest BCUT2D eigenvalue weighted by Gasteiger charge is 2.13. The highest BCUT2D eigenvalue weighted by Crippen LogP contribution is 2.26. The summed E-state index contributed by atoms with van der Waals surface area (Å²) in [6.45, 7) is -1.21. The molecule has 0 unspecified atom stereocenters. The van der Waals surface area contributed by atoms with Crippen molar-refractivity contribution in [3.8, 4) is 0 Å². The molecule has 0 aliphatic carbocycles. The van der Waals surface area contributed by atoms with Crippen molar-refractivity contribution in [1.82, 2.24) is 10.4 Å². The van der Waals surface area contributed by atoms with Crippen LogP contribution in [0.4, 0.5) is 0 Å². The molecule has 0 aromatic rings. The molecule has 1 amide bonds. The van der Waals surface area contributed by atoms with Gasteiger partial charge >= 0.3 is 13.7 Å². The standard InChI is InChI=1S/C4H9N2O6P/c7-3(5-2-4(8)9)1-6-13(10,11)12/h1-2H2,(H,5,7)(H,8,9)(H3,6,10,11,12). The zero-order chi connectivity index (χ0) is 10.5. The molecule has 5 N–H and O–H groups in total. The van der Waals surface area contributed by atoms with E-state index in [2.05, 4.69) is 0 Å². The summed E-state index contributed by atoms with van der Waals surface area (Å²) in [5.74, 6) is -2.03. The van der Waals surface area contributed by atoms with Gasteiger partial charge in [0, 0.05) is 0 Å². The van der Waals surface area contributed by atoms with Gasteiger partial charge in [-0.2, -0.15) is 0 Å². The van der Waals surface area contributed by atoms with E-state index in [-0.39, 0.29) is 0 Å². The predicted octanol–water partition coefficient (Wildman–Crippen LogP) is -2.13. The second-order valence-electron chi connectivity index (χ2n) is 2.05. The van der Waals surface area contributed by atoms with Gasteiger partial charge in [0.2, 0.25) is 5.91 Å². The van der Waals surface area contributed by atoms with Gasteiger partial charge in [-0.05, 0) is 0 Å². The SMILES string of the molecule is O=C(O)CNC(=O)CNP(=O)(O)O. The molecule has 0 spiro atoms. The van der Waals surface area contributed by atoms with E-state index in [0.717, 1.165) is 0 Å². The van der Waals surface area contributed by atoms with Gasteiger partial charge in [-0.15, -0.1) is 0 Å². The van der Waals surface area contributed by atoms with Crippen molar-refractivity contribution in [3.05, 3.63) is 0 Å². The van der Waals surface area contributed by atoms with Crippen LogP contribution in [0.2, 0.25) is 0 Å². The summed E-state index contributed by atoms with van der Waals surface area (Å²) in [6.07, 6.45) is 0. The van der Waals surface area contributed by atoms with E-state index in [4.69, 9.17) is 14.9 Å². The molecule has 13 heavy (non-hydrogen) atoms. The van der Waals surface area contributed by atoms with E-state index in [1.54, 1.807) is 5.09 Å². The molecule has 0 bridgehead atoms. The summed E-state index contributed by atoms with van der Waals surface area (Å²) in [5, 5.41) is 11.6. The molecule has 0 atom stereocenters. The number of amides is 1. The Balaban J connectivity index is 3.65. The van der Waals surface area contributed by atoms with E-state index >= 15 is 0 Å². The summed E-state index contributed by atoms with van der Waals surface area (Å²) in [5.41, 5.74) is 0. The largest absolute Gasteiger partial charge is 0.480 e. The Morgan fingerprint density at radius 3 is 2.15 bits per heavy atom. The molecule has 0 aromatic heterocycles. The van der Waals surface area contributed by atoms with Crippen LogP contribution in [0.5, 0.6) is 0 Å². The van der Waals surface area contributed by atoms with Gasteiger partial charge < -0.3 is 20.2 Å². The van der Waals surface area contributed by atoms with Gasteiger partial charge in [0.05, 0.1) is 6.54 Å². The van der Waals surface area contributed by atoms with E-state index < -0.39 is 32.7 Å². The molecule has 0 saturated heterocycles. The molecule has 0 heterocycles. The van der Waals surface area contributed by atoms with Crippen LogP contribution >= 0.6 is 7.75 Å². The maximum Gasteiger partial charge on any atom is 0.400 e. The third kappa shape index (κ3) is 8.96. The van der Waals surface area contributed by atoms with Gasteiger partial charge in [0.1, 0.15) is 6.54 Å². The molecular weight excluding hydrogens is 203 g/mol. The minimum Gasteiger partial charge on any atom is -0.480 e. The van der Waals surface area contributed by atoms with Crippen LogP contribution in [-0.2, 0) is 14.2 Å². The summed E-state index contributed by atoms with van der Waals surface area (Å²) in [7, 11) is -4.43. The molecule has 9 heteroatoms. The van der Waals surface area contributed by atoms with E-state index in [1.807, 2.05) is 5.32 Å². The molecule has 76 valence electrons. The maximum absolute atomic E-state index is 10.6. The van der Waals surface area contributed by atoms with Crippen LogP contribution in [0.3, 0.4) is 0 Å². The van der Waals surface area contributed by atoms with Crippen molar-refractivity contribution in [3.63, 3.8) is 0 Å². The third-order valence-electron chi connectivity index (χ3n) is 0.882. The zero-order valence-electron chi connectivity index (χ0n) is 6.43. The second kappa shape index (κ2) is 4.93. The maximum atomic E-state index is 10.6. The first kappa shape index (κ1) is 12.0. The fraction of sp³-hybridized carbons (Fsp3) is 0.500. The van der Waals surface area contributed by atoms with Gasteiger partial charge in [0.15, 0.2) is 0 Å². The number of carbonyl (C=O) groups is 2. The van der Waals surface area contributed by atoms with Crippen LogP contribution < -0.4 is 10.4 Å². The topological polar surface area (TPSA) is 136 Å². The smallest absolute Gasteiger partial charge is 0.400 e. The van der Waals surface area contributed by atoms with Crippen LogP contribution in [0.25, 0.3) is 0 Å². The number of hydrogen-bond acceptors (Lipinski definition) is 3. The Morgan fingerprint density at radius 1 is 1.23 bits per heavy atom. The van der Waals surface area contributed by atoms with Crippen molar-refractivity contribution in [2.24, 2.45) is 0 Å². The molecular formula is C4H9N2O6P. The van der Waals surface area contributed by atoms with Gasteiger partial charge in [0.25, 0.3) is 0 Å². The number of nitrogens with one attached hydrogen (secondary N) is 2. The first-order valence-electron chi connectivity index (χ1n) is 3.10. The quantitative estimate of drug-likeness (QED) is 0.328. The van der Waals surface area contributed by atoms with Gasteiger partial charge in [-0.25, -0.2) is 9.65 Å². The molecule has 0 aliphatic heterocycles. The van der Waals surface area contributed by atoms with Crippen molar-refractivity contribution in [2.75, 3.05) is 13.1 Å². The Labute approximate surface area is 73.2 Å². The minimum absolute atomic E-state index is 0.582. The monoisotopic (exact) mass is 212 g/mol. The molecule has 0 rings (SSSR count). The summed E-state index contributed by atoms with van der Waals surface area (Å²) < 4.78 is 10.2. The lowest BCUT2D eigenvalue weighted by Gasteiger charge is -2.05. The summed E-state index contributed by atoms with van der Waals surface area (Å²) in [6, 6.07) is 0. The highest BCUT2D eigenvalue weighted by atomic mass is 31.2. The van der Waals surface area contributed by atoms with Gasteiger partial charge in [-0.1, -0.05) is 0 Å². The minimum atomic E-state index is -4.43. The average Bonchev–Trinajstić information content (AvgIpc) is 1.95. The van der Waals surface area contributed by atoms with E-state index in [0.29, 0.717) is 0 Å². The lowest BCUT2D eigenvalue weighted by Crippen LogP contribution is -2.35. The van der Waals surface area contributed by atoms with Crippen molar-refractivity contribution in [2.45, 2.75) is 0 Å². The predicted molar refractivity (Wildman–Crippen MR) is 40.7 cm³/mol. The molecule has 0 saturated carbocycles. The molecule has 0 radical (unpaired) electrons. The van der Waals surface area contributed by atoms with Crippen LogP contribution in [0.1, 0.15) is 0 Å². The Kier molecular flexibility index (Phi) is 4.57. The highest BCUT2D eigenvalue weighted by molar-refractivity contribution is 7.49. The molecule has 8 nitrogen and oxygen atoms in total. The average molecular weight is 212 g/mol. The number of rotatable bonds is 5. The molecule has 0 fully saturated rings. The number of hydrogen-bond donors (Lipinski definition) is 5. The normalized spacial score (nSPS) is 10.9. The fourth-order valence-corrected chi connectivity index (χ4v) is 0.761. The molecule has 0 aromatic carbocycles. The number of aliphatic carboxylic acids is 1. The number of carboxylic acids is 1. The summed E-state index contributed by atoms with van der Waals surface area (Å²) >= 11 is 0. The Hall–Kier alpha value is -0.950. The Morgan fingerprint density at radius 2 is 1.77 bits per heavy atom. The van der Waals surface area contributed by atoms with Crippen LogP contribution in [-0.4, -0.2) is 39.9 Å². The van der Waals surface area contributed by atoms with Crippen molar-refractivity contribution in [1.29, 1.82) is 0 Å². The van der Waals surface area contributed by atoms with Crippen molar-refractivity contribution >= 4 is 19.6 Å². The first-order chi connectivity index (χ1) is 5.81. The van der Waals surface area contributed by atoms with Crippen LogP contribution in [0.15, 0.2) is 0 Å². The lowest BCUT2D eigenvalue weighted by atomic mass is 10.5. The number of carbonyl (C=O) groups excluding carboxylic acids is 1. The first-order valence-corrected chi connectivity index (χ1v) is 4.71. The zero-order valence-corrected chi connectivity index (χ0v) is 7.32. The van der Waals surface area contributed by atoms with Crippen molar-refractivity contribution < 1.29 is 29.0 Å². The summed E-state index contributed by atoms with van der Waals surface area (Å²) in [4.78, 5) is 37.0. The Bertz CT molecular complexity index is 247. The second-order valence-corrected chi connectivity index (χ2v) is 3.45.